The Morgan fingerprint density at radius 3 is 2.74 bits per heavy atom. The van der Waals surface area contributed by atoms with E-state index in [2.05, 4.69) is 60.1 Å². The minimum atomic E-state index is 0.339. The zero-order valence-corrected chi connectivity index (χ0v) is 13.6. The van der Waals surface area contributed by atoms with E-state index >= 15 is 0 Å². The Hall–Kier alpha value is -2.42. The van der Waals surface area contributed by atoms with E-state index in [9.17, 15) is 5.11 Å². The number of anilines is 1. The molecule has 0 bridgehead atoms. The molecule has 3 aromatic rings. The maximum Gasteiger partial charge on any atom is 0.121 e. The summed E-state index contributed by atoms with van der Waals surface area (Å²) in [6, 6.07) is 14.6. The molecule has 1 aromatic heterocycles. The van der Waals surface area contributed by atoms with Gasteiger partial charge in [0.15, 0.2) is 0 Å². The van der Waals surface area contributed by atoms with Crippen molar-refractivity contribution in [3.63, 3.8) is 0 Å². The number of rotatable bonds is 2. The molecule has 3 heteroatoms. The highest BCUT2D eigenvalue weighted by atomic mass is 16.3. The molecule has 0 unspecified atom stereocenters. The first-order chi connectivity index (χ1) is 11.1. The lowest BCUT2D eigenvalue weighted by Gasteiger charge is -2.29. The van der Waals surface area contributed by atoms with Gasteiger partial charge in [-0.3, -0.25) is 0 Å². The van der Waals surface area contributed by atoms with E-state index in [0.717, 1.165) is 30.8 Å². The second kappa shape index (κ2) is 5.34. The molecule has 0 aliphatic carbocycles. The summed E-state index contributed by atoms with van der Waals surface area (Å²) in [6.45, 7) is 6.05. The number of hydrogen-bond donors (Lipinski definition) is 2. The summed E-state index contributed by atoms with van der Waals surface area (Å²) in [5.41, 5.74) is 6.07. The highest BCUT2D eigenvalue weighted by molar-refractivity contribution is 5.85. The quantitative estimate of drug-likeness (QED) is 0.728. The predicted octanol–water partition coefficient (Wildman–Crippen LogP) is 4.56. The van der Waals surface area contributed by atoms with Gasteiger partial charge in [0.2, 0.25) is 0 Å². The van der Waals surface area contributed by atoms with Gasteiger partial charge in [0.1, 0.15) is 5.75 Å². The first-order valence-electron chi connectivity index (χ1n) is 8.30. The number of para-hydroxylation sites is 1. The number of H-pyrrole nitrogens is 1. The van der Waals surface area contributed by atoms with Crippen LogP contribution in [0, 0.1) is 0 Å². The Kier molecular flexibility index (Phi) is 3.29. The summed E-state index contributed by atoms with van der Waals surface area (Å²) >= 11 is 0. The third kappa shape index (κ3) is 2.37. The summed E-state index contributed by atoms with van der Waals surface area (Å²) in [4.78, 5) is 5.89. The average Bonchev–Trinajstić information content (AvgIpc) is 2.92. The molecule has 0 saturated carbocycles. The van der Waals surface area contributed by atoms with Crippen LogP contribution in [-0.2, 0) is 13.0 Å². The molecule has 2 heterocycles. The number of aromatic nitrogens is 1. The van der Waals surface area contributed by atoms with E-state index < -0.39 is 0 Å². The van der Waals surface area contributed by atoms with Crippen molar-refractivity contribution in [3.05, 3.63) is 59.3 Å². The average molecular weight is 306 g/mol. The largest absolute Gasteiger partial charge is 0.508 e. The maximum atomic E-state index is 10.3. The van der Waals surface area contributed by atoms with Crippen molar-refractivity contribution in [1.29, 1.82) is 0 Å². The van der Waals surface area contributed by atoms with Gasteiger partial charge in [-0.25, -0.2) is 0 Å². The van der Waals surface area contributed by atoms with Gasteiger partial charge in [0.25, 0.3) is 0 Å². The van der Waals surface area contributed by atoms with E-state index in [1.165, 1.54) is 22.2 Å². The number of aromatic hydroxyl groups is 1. The highest BCUT2D eigenvalue weighted by Crippen LogP contribution is 2.33. The van der Waals surface area contributed by atoms with E-state index in [4.69, 9.17) is 0 Å². The zero-order chi connectivity index (χ0) is 16.0. The van der Waals surface area contributed by atoms with Crippen molar-refractivity contribution in [2.45, 2.75) is 32.7 Å². The molecule has 2 N–H and O–H groups in total. The van der Waals surface area contributed by atoms with Crippen LogP contribution in [-0.4, -0.2) is 16.6 Å². The van der Waals surface area contributed by atoms with E-state index in [1.807, 2.05) is 6.07 Å². The zero-order valence-electron chi connectivity index (χ0n) is 13.6. The number of phenols is 1. The molecule has 1 aliphatic rings. The lowest BCUT2D eigenvalue weighted by atomic mass is 10.00. The fraction of sp³-hybridized carbons (Fsp3) is 0.300. The minimum absolute atomic E-state index is 0.339. The minimum Gasteiger partial charge on any atom is -0.508 e. The molecule has 2 aromatic carbocycles. The first-order valence-corrected chi connectivity index (χ1v) is 8.30. The first kappa shape index (κ1) is 14.2. The summed E-state index contributed by atoms with van der Waals surface area (Å²) in [5.74, 6) is 0.741. The van der Waals surface area contributed by atoms with Crippen molar-refractivity contribution in [2.75, 3.05) is 11.4 Å². The fourth-order valence-electron chi connectivity index (χ4n) is 3.63. The van der Waals surface area contributed by atoms with Crippen molar-refractivity contribution < 1.29 is 5.11 Å². The van der Waals surface area contributed by atoms with Crippen LogP contribution in [0.3, 0.4) is 0 Å². The molecule has 0 amide bonds. The maximum absolute atomic E-state index is 10.3. The SMILES string of the molecule is CC(C)c1ccc(N2CCc3c([nH]c4ccccc34)C2)cc1O. The van der Waals surface area contributed by atoms with Gasteiger partial charge in [-0.1, -0.05) is 38.1 Å². The highest BCUT2D eigenvalue weighted by Gasteiger charge is 2.21. The van der Waals surface area contributed by atoms with Gasteiger partial charge in [0.05, 0.1) is 6.54 Å². The molecular formula is C20H22N2O. The van der Waals surface area contributed by atoms with Crippen LogP contribution in [0.2, 0.25) is 0 Å². The molecule has 0 atom stereocenters. The van der Waals surface area contributed by atoms with Crippen LogP contribution >= 0.6 is 0 Å². The summed E-state index contributed by atoms with van der Waals surface area (Å²) in [5, 5.41) is 11.6. The predicted molar refractivity (Wildman–Crippen MR) is 95.2 cm³/mol. The number of hydrogen-bond acceptors (Lipinski definition) is 2. The van der Waals surface area contributed by atoms with Crippen LogP contribution < -0.4 is 4.90 Å². The molecule has 0 radical (unpaired) electrons. The third-order valence-electron chi connectivity index (χ3n) is 4.88. The molecule has 0 fully saturated rings. The van der Waals surface area contributed by atoms with Gasteiger partial charge in [0, 0.05) is 34.9 Å². The number of nitrogens with one attached hydrogen (secondary N) is 1. The lowest BCUT2D eigenvalue weighted by Crippen LogP contribution is -2.30. The van der Waals surface area contributed by atoms with Crippen LogP contribution in [0.25, 0.3) is 10.9 Å². The van der Waals surface area contributed by atoms with Gasteiger partial charge < -0.3 is 15.0 Å². The van der Waals surface area contributed by atoms with Crippen molar-refractivity contribution in [1.82, 2.24) is 4.98 Å². The Morgan fingerprint density at radius 1 is 1.13 bits per heavy atom. The fourth-order valence-corrected chi connectivity index (χ4v) is 3.63. The van der Waals surface area contributed by atoms with Gasteiger partial charge in [-0.15, -0.1) is 0 Å². The normalized spacial score (nSPS) is 14.5. The molecule has 118 valence electrons. The van der Waals surface area contributed by atoms with E-state index in [-0.39, 0.29) is 0 Å². The third-order valence-corrected chi connectivity index (χ3v) is 4.88. The van der Waals surface area contributed by atoms with Crippen molar-refractivity contribution in [3.8, 4) is 5.75 Å². The monoisotopic (exact) mass is 306 g/mol. The standard InChI is InChI=1S/C20H22N2O/c1-13(2)15-8-7-14(11-20(15)23)22-10-9-17-16-5-3-4-6-18(16)21-19(17)12-22/h3-8,11,13,21,23H,9-10,12H2,1-2H3. The van der Waals surface area contributed by atoms with E-state index in [0.29, 0.717) is 11.7 Å². The second-order valence-electron chi connectivity index (χ2n) is 6.70. The van der Waals surface area contributed by atoms with Crippen molar-refractivity contribution in [2.24, 2.45) is 0 Å². The van der Waals surface area contributed by atoms with Crippen molar-refractivity contribution >= 4 is 16.6 Å². The van der Waals surface area contributed by atoms with Crippen LogP contribution in [0.5, 0.6) is 5.75 Å². The van der Waals surface area contributed by atoms with Gasteiger partial charge in [-0.05, 0) is 35.6 Å². The summed E-state index contributed by atoms with van der Waals surface area (Å²) in [6.07, 6.45) is 1.03. The van der Waals surface area contributed by atoms with E-state index in [1.54, 1.807) is 0 Å². The smallest absolute Gasteiger partial charge is 0.121 e. The Balaban J connectivity index is 1.66. The molecule has 3 nitrogen and oxygen atoms in total. The number of fused-ring (bicyclic) bond motifs is 3. The van der Waals surface area contributed by atoms with Crippen LogP contribution in [0.4, 0.5) is 5.69 Å². The van der Waals surface area contributed by atoms with Crippen LogP contribution in [0.15, 0.2) is 42.5 Å². The Bertz CT molecular complexity index is 863. The molecule has 4 rings (SSSR count). The lowest BCUT2D eigenvalue weighted by molar-refractivity contribution is 0.464. The Labute approximate surface area is 136 Å². The molecule has 0 saturated heterocycles. The second-order valence-corrected chi connectivity index (χ2v) is 6.70. The molecular weight excluding hydrogens is 284 g/mol. The van der Waals surface area contributed by atoms with Gasteiger partial charge in [-0.2, -0.15) is 0 Å². The topological polar surface area (TPSA) is 39.3 Å². The molecule has 23 heavy (non-hydrogen) atoms. The summed E-state index contributed by atoms with van der Waals surface area (Å²) < 4.78 is 0. The summed E-state index contributed by atoms with van der Waals surface area (Å²) in [7, 11) is 0. The van der Waals surface area contributed by atoms with Crippen LogP contribution in [0.1, 0.15) is 36.6 Å². The molecule has 1 aliphatic heterocycles. The number of nitrogens with zero attached hydrogens (tertiary/aromatic N) is 1. The number of aromatic amines is 1. The Morgan fingerprint density at radius 2 is 1.96 bits per heavy atom. The molecule has 0 spiro atoms. The van der Waals surface area contributed by atoms with Gasteiger partial charge >= 0.3 is 0 Å². The number of phenolic OH excluding ortho intramolecular Hbond substituents is 1. The number of benzene rings is 2.